The predicted octanol–water partition coefficient (Wildman–Crippen LogP) is 6.04. The molecule has 160 valence electrons. The SMILES string of the molecule is N#Cc1ccc(N(Cc2c(F)cccc2Cl)[C@H]2CCN(CCC(F)(F)F)C2)cc1Cl. The molecule has 1 saturated heterocycles. The first-order valence-electron chi connectivity index (χ1n) is 9.36. The van der Waals surface area contributed by atoms with Crippen molar-refractivity contribution in [2.24, 2.45) is 0 Å². The van der Waals surface area contributed by atoms with Crippen molar-refractivity contribution in [3.8, 4) is 6.07 Å². The van der Waals surface area contributed by atoms with Gasteiger partial charge in [-0.05, 0) is 36.8 Å². The number of nitrogens with zero attached hydrogens (tertiary/aromatic N) is 3. The topological polar surface area (TPSA) is 30.3 Å². The Bertz CT molecular complexity index is 923. The molecule has 0 unspecified atom stereocenters. The third-order valence-electron chi connectivity index (χ3n) is 5.19. The molecule has 30 heavy (non-hydrogen) atoms. The van der Waals surface area contributed by atoms with E-state index in [1.807, 2.05) is 11.0 Å². The number of halogens is 6. The highest BCUT2D eigenvalue weighted by atomic mass is 35.5. The number of nitriles is 1. The van der Waals surface area contributed by atoms with Crippen LogP contribution in [0.5, 0.6) is 0 Å². The molecule has 1 fully saturated rings. The van der Waals surface area contributed by atoms with E-state index in [0.29, 0.717) is 36.3 Å². The second kappa shape index (κ2) is 9.42. The maximum Gasteiger partial charge on any atom is 0.390 e. The van der Waals surface area contributed by atoms with Gasteiger partial charge in [0.2, 0.25) is 0 Å². The average Bonchev–Trinajstić information content (AvgIpc) is 3.14. The predicted molar refractivity (Wildman–Crippen MR) is 109 cm³/mol. The lowest BCUT2D eigenvalue weighted by molar-refractivity contribution is -0.137. The Morgan fingerprint density at radius 2 is 1.93 bits per heavy atom. The van der Waals surface area contributed by atoms with Crippen molar-refractivity contribution < 1.29 is 17.6 Å². The summed E-state index contributed by atoms with van der Waals surface area (Å²) in [5.74, 6) is -0.459. The molecule has 0 amide bonds. The van der Waals surface area contributed by atoms with Gasteiger partial charge in [0.1, 0.15) is 11.9 Å². The molecule has 9 heteroatoms. The third kappa shape index (κ3) is 5.57. The van der Waals surface area contributed by atoms with Gasteiger partial charge in [0.25, 0.3) is 0 Å². The zero-order chi connectivity index (χ0) is 21.9. The lowest BCUT2D eigenvalue weighted by Gasteiger charge is -2.32. The van der Waals surface area contributed by atoms with Gasteiger partial charge >= 0.3 is 6.18 Å². The Balaban J connectivity index is 1.87. The van der Waals surface area contributed by atoms with Crippen LogP contribution in [-0.4, -0.2) is 36.8 Å². The minimum atomic E-state index is -4.21. The van der Waals surface area contributed by atoms with Crippen LogP contribution >= 0.6 is 23.2 Å². The Morgan fingerprint density at radius 1 is 1.17 bits per heavy atom. The lowest BCUT2D eigenvalue weighted by Crippen LogP contribution is -2.38. The molecule has 2 aromatic carbocycles. The first-order chi connectivity index (χ1) is 14.2. The van der Waals surface area contributed by atoms with Gasteiger partial charge in [-0.1, -0.05) is 29.3 Å². The van der Waals surface area contributed by atoms with Gasteiger partial charge in [-0.3, -0.25) is 0 Å². The summed E-state index contributed by atoms with van der Waals surface area (Å²) < 4.78 is 52.2. The number of anilines is 1. The molecule has 1 heterocycles. The van der Waals surface area contributed by atoms with E-state index in [1.165, 1.54) is 12.1 Å². The molecule has 0 radical (unpaired) electrons. The molecule has 1 aliphatic rings. The van der Waals surface area contributed by atoms with Crippen LogP contribution in [-0.2, 0) is 6.54 Å². The van der Waals surface area contributed by atoms with E-state index in [0.717, 1.165) is 0 Å². The van der Waals surface area contributed by atoms with Gasteiger partial charge in [0.15, 0.2) is 0 Å². The number of hydrogen-bond donors (Lipinski definition) is 0. The summed E-state index contributed by atoms with van der Waals surface area (Å²) in [7, 11) is 0. The van der Waals surface area contributed by atoms with Gasteiger partial charge in [0.05, 0.1) is 17.0 Å². The van der Waals surface area contributed by atoms with E-state index in [2.05, 4.69) is 0 Å². The first kappa shape index (κ1) is 22.7. The summed E-state index contributed by atoms with van der Waals surface area (Å²) in [5, 5.41) is 9.64. The second-order valence-electron chi connectivity index (χ2n) is 7.21. The number of rotatable bonds is 6. The van der Waals surface area contributed by atoms with Crippen molar-refractivity contribution in [1.29, 1.82) is 5.26 Å². The van der Waals surface area contributed by atoms with Crippen LogP contribution < -0.4 is 4.90 Å². The fourth-order valence-electron chi connectivity index (χ4n) is 3.61. The average molecular weight is 460 g/mol. The molecule has 3 nitrogen and oxygen atoms in total. The van der Waals surface area contributed by atoms with Gasteiger partial charge in [-0.15, -0.1) is 0 Å². The van der Waals surface area contributed by atoms with E-state index in [-0.39, 0.29) is 29.2 Å². The molecule has 1 atom stereocenters. The minimum absolute atomic E-state index is 0.0809. The molecule has 1 aliphatic heterocycles. The number of likely N-dealkylation sites (tertiary alicyclic amines) is 1. The minimum Gasteiger partial charge on any atom is -0.363 e. The van der Waals surface area contributed by atoms with Crippen molar-refractivity contribution in [3.63, 3.8) is 0 Å². The molecule has 2 aromatic rings. The number of benzene rings is 2. The molecule has 0 saturated carbocycles. The standard InChI is InChI=1S/C21H19Cl2F4N3/c22-18-2-1-3-20(24)17(18)13-30(15-5-4-14(11-28)19(23)10-15)16-6-8-29(12-16)9-7-21(25,26)27/h1-5,10,16H,6-9,12-13H2/t16-/m0/s1. The normalized spacial score (nSPS) is 17.2. The van der Waals surface area contributed by atoms with Crippen molar-refractivity contribution in [3.05, 3.63) is 63.4 Å². The summed E-state index contributed by atoms with van der Waals surface area (Å²) >= 11 is 12.4. The van der Waals surface area contributed by atoms with Crippen LogP contribution in [0.1, 0.15) is 24.0 Å². The van der Waals surface area contributed by atoms with Crippen LogP contribution in [0.2, 0.25) is 10.0 Å². The third-order valence-corrected chi connectivity index (χ3v) is 5.86. The number of alkyl halides is 3. The zero-order valence-electron chi connectivity index (χ0n) is 15.9. The molecule has 0 bridgehead atoms. The lowest BCUT2D eigenvalue weighted by atomic mass is 10.1. The molecular weight excluding hydrogens is 441 g/mol. The second-order valence-corrected chi connectivity index (χ2v) is 8.03. The van der Waals surface area contributed by atoms with Crippen LogP contribution in [0.15, 0.2) is 36.4 Å². The van der Waals surface area contributed by atoms with E-state index < -0.39 is 18.4 Å². The van der Waals surface area contributed by atoms with Crippen molar-refractivity contribution in [2.45, 2.75) is 31.6 Å². The van der Waals surface area contributed by atoms with Gasteiger partial charge < -0.3 is 9.80 Å². The monoisotopic (exact) mass is 459 g/mol. The van der Waals surface area contributed by atoms with Crippen LogP contribution in [0.3, 0.4) is 0 Å². The highest BCUT2D eigenvalue weighted by Gasteiger charge is 2.33. The van der Waals surface area contributed by atoms with E-state index in [1.54, 1.807) is 29.2 Å². The molecule has 0 spiro atoms. The molecular formula is C21H19Cl2F4N3. The Hall–Kier alpha value is -2.01. The van der Waals surface area contributed by atoms with Crippen LogP contribution in [0.4, 0.5) is 23.2 Å². The summed E-state index contributed by atoms with van der Waals surface area (Å²) in [6, 6.07) is 11.2. The Kier molecular flexibility index (Phi) is 7.12. The maximum absolute atomic E-state index is 14.4. The van der Waals surface area contributed by atoms with E-state index >= 15 is 0 Å². The molecule has 0 N–H and O–H groups in total. The molecule has 0 aliphatic carbocycles. The van der Waals surface area contributed by atoms with Crippen LogP contribution in [0, 0.1) is 17.1 Å². The molecule has 0 aromatic heterocycles. The van der Waals surface area contributed by atoms with Gasteiger partial charge in [-0.25, -0.2) is 4.39 Å². The summed E-state index contributed by atoms with van der Waals surface area (Å²) in [6.07, 6.45) is -4.47. The highest BCUT2D eigenvalue weighted by molar-refractivity contribution is 6.32. The summed E-state index contributed by atoms with van der Waals surface area (Å²) in [6.45, 7) is 0.958. The number of hydrogen-bond acceptors (Lipinski definition) is 3. The Labute approximate surface area is 182 Å². The van der Waals surface area contributed by atoms with Crippen molar-refractivity contribution in [2.75, 3.05) is 24.5 Å². The highest BCUT2D eigenvalue weighted by Crippen LogP contribution is 2.32. The smallest absolute Gasteiger partial charge is 0.363 e. The Morgan fingerprint density at radius 3 is 2.57 bits per heavy atom. The van der Waals surface area contributed by atoms with Gasteiger partial charge in [-0.2, -0.15) is 18.4 Å². The fourth-order valence-corrected chi connectivity index (χ4v) is 4.05. The maximum atomic E-state index is 14.4. The van der Waals surface area contributed by atoms with Crippen molar-refractivity contribution in [1.82, 2.24) is 4.90 Å². The van der Waals surface area contributed by atoms with Crippen LogP contribution in [0.25, 0.3) is 0 Å². The van der Waals surface area contributed by atoms with E-state index in [4.69, 9.17) is 28.5 Å². The summed E-state index contributed by atoms with van der Waals surface area (Å²) in [5.41, 5.74) is 1.26. The van der Waals surface area contributed by atoms with E-state index in [9.17, 15) is 17.6 Å². The largest absolute Gasteiger partial charge is 0.390 e. The summed E-state index contributed by atoms with van der Waals surface area (Å²) in [4.78, 5) is 3.64. The molecule has 3 rings (SSSR count). The quantitative estimate of drug-likeness (QED) is 0.493. The first-order valence-corrected chi connectivity index (χ1v) is 10.1. The zero-order valence-corrected chi connectivity index (χ0v) is 17.4. The van der Waals surface area contributed by atoms with Crippen molar-refractivity contribution >= 4 is 28.9 Å². The fraction of sp³-hybridized carbons (Fsp3) is 0.381. The van der Waals surface area contributed by atoms with Gasteiger partial charge in [0, 0.05) is 48.5 Å².